The number of aromatic nitrogens is 1. The molecule has 1 saturated carbocycles. The maximum absolute atomic E-state index is 6.23. The fraction of sp³-hybridized carbons (Fsp3) is 0.267. The highest BCUT2D eigenvalue weighted by atomic mass is 79.9. The molecule has 1 N–H and O–H groups in total. The minimum Gasteiger partial charge on any atom is -0.436 e. The van der Waals surface area contributed by atoms with Crippen molar-refractivity contribution in [3.05, 3.63) is 50.5 Å². The number of benzene rings is 1. The zero-order valence-corrected chi connectivity index (χ0v) is 14.2. The second-order valence-electron chi connectivity index (χ2n) is 4.96. The van der Waals surface area contributed by atoms with Crippen molar-refractivity contribution < 1.29 is 4.74 Å². The van der Waals surface area contributed by atoms with Crippen LogP contribution >= 0.6 is 39.1 Å². The van der Waals surface area contributed by atoms with E-state index in [2.05, 4.69) is 26.2 Å². The quantitative estimate of drug-likeness (QED) is 0.765. The van der Waals surface area contributed by atoms with Gasteiger partial charge in [0.15, 0.2) is 0 Å². The maximum Gasteiger partial charge on any atom is 0.238 e. The molecule has 3 rings (SSSR count). The molecule has 0 atom stereocenters. The summed E-state index contributed by atoms with van der Waals surface area (Å²) in [7, 11) is 0. The van der Waals surface area contributed by atoms with Gasteiger partial charge in [-0.05, 0) is 42.7 Å². The van der Waals surface area contributed by atoms with Crippen LogP contribution in [0.2, 0.25) is 10.0 Å². The Morgan fingerprint density at radius 1 is 1.24 bits per heavy atom. The normalized spacial score (nSPS) is 14.2. The highest BCUT2D eigenvalue weighted by Gasteiger charge is 2.20. The summed E-state index contributed by atoms with van der Waals surface area (Å²) in [5, 5.41) is 4.40. The largest absolute Gasteiger partial charge is 0.436 e. The molecule has 1 fully saturated rings. The molecule has 1 aromatic carbocycles. The summed E-state index contributed by atoms with van der Waals surface area (Å²) >= 11 is 15.7. The fourth-order valence-electron chi connectivity index (χ4n) is 1.85. The van der Waals surface area contributed by atoms with Gasteiger partial charge in [-0.2, -0.15) is 0 Å². The van der Waals surface area contributed by atoms with Crippen molar-refractivity contribution in [3.63, 3.8) is 0 Å². The first-order chi connectivity index (χ1) is 10.1. The molecule has 3 nitrogen and oxygen atoms in total. The number of halogens is 3. The summed E-state index contributed by atoms with van der Waals surface area (Å²) in [6, 6.07) is 7.90. The summed E-state index contributed by atoms with van der Waals surface area (Å²) in [5.74, 6) is 0.884. The van der Waals surface area contributed by atoms with Crippen LogP contribution in [0.15, 0.2) is 34.9 Å². The molecule has 0 radical (unpaired) electrons. The van der Waals surface area contributed by atoms with Gasteiger partial charge in [0.25, 0.3) is 0 Å². The first-order valence-corrected chi connectivity index (χ1v) is 8.17. The molecule has 0 saturated heterocycles. The molecule has 2 aromatic rings. The smallest absolute Gasteiger partial charge is 0.238 e. The predicted octanol–water partition coefficient (Wildman–Crippen LogP) is 5.20. The van der Waals surface area contributed by atoms with E-state index < -0.39 is 0 Å². The van der Waals surface area contributed by atoms with Crippen molar-refractivity contribution in [1.82, 2.24) is 10.3 Å². The third-order valence-corrected chi connectivity index (χ3v) is 4.20. The summed E-state index contributed by atoms with van der Waals surface area (Å²) in [4.78, 5) is 4.27. The van der Waals surface area contributed by atoms with Gasteiger partial charge in [0.2, 0.25) is 5.88 Å². The van der Waals surface area contributed by atoms with E-state index in [0.717, 1.165) is 16.6 Å². The zero-order chi connectivity index (χ0) is 14.8. The van der Waals surface area contributed by atoms with E-state index in [1.807, 2.05) is 12.1 Å². The van der Waals surface area contributed by atoms with Crippen LogP contribution in [0, 0.1) is 0 Å². The van der Waals surface area contributed by atoms with Crippen LogP contribution in [0.5, 0.6) is 11.6 Å². The number of nitrogens with zero attached hydrogens (tertiary/aromatic N) is 1. The monoisotopic (exact) mass is 386 g/mol. The van der Waals surface area contributed by atoms with Crippen molar-refractivity contribution in [1.29, 1.82) is 0 Å². The Morgan fingerprint density at radius 3 is 2.71 bits per heavy atom. The number of ether oxygens (including phenoxy) is 1. The van der Waals surface area contributed by atoms with E-state index in [0.29, 0.717) is 27.7 Å². The average molecular weight is 388 g/mol. The van der Waals surface area contributed by atoms with Gasteiger partial charge >= 0.3 is 0 Å². The van der Waals surface area contributed by atoms with Gasteiger partial charge in [-0.1, -0.05) is 39.1 Å². The number of pyridine rings is 1. The molecule has 110 valence electrons. The Morgan fingerprint density at radius 2 is 2.05 bits per heavy atom. The van der Waals surface area contributed by atoms with Gasteiger partial charge in [0.05, 0.1) is 5.02 Å². The molecule has 0 bridgehead atoms. The van der Waals surface area contributed by atoms with E-state index in [9.17, 15) is 0 Å². The van der Waals surface area contributed by atoms with Crippen LogP contribution in [0.4, 0.5) is 0 Å². The molecular weight excluding hydrogens is 375 g/mol. The zero-order valence-electron chi connectivity index (χ0n) is 11.1. The van der Waals surface area contributed by atoms with Crippen LogP contribution in [-0.2, 0) is 6.54 Å². The van der Waals surface area contributed by atoms with E-state index in [4.69, 9.17) is 27.9 Å². The number of hydrogen-bond acceptors (Lipinski definition) is 3. The Labute approximate surface area is 141 Å². The minimum atomic E-state index is 0.357. The third kappa shape index (κ3) is 4.10. The van der Waals surface area contributed by atoms with Crippen LogP contribution in [0.25, 0.3) is 0 Å². The molecular formula is C15H13BrCl2N2O. The van der Waals surface area contributed by atoms with Crippen molar-refractivity contribution in [2.75, 3.05) is 0 Å². The lowest BCUT2D eigenvalue weighted by Gasteiger charge is -2.10. The molecule has 21 heavy (non-hydrogen) atoms. The summed E-state index contributed by atoms with van der Waals surface area (Å²) in [5.41, 5.74) is 1.04. The first-order valence-electron chi connectivity index (χ1n) is 6.62. The van der Waals surface area contributed by atoms with E-state index in [1.54, 1.807) is 18.3 Å². The molecule has 0 unspecified atom stereocenters. The lowest BCUT2D eigenvalue weighted by molar-refractivity contribution is 0.462. The Hall–Kier alpha value is -0.810. The van der Waals surface area contributed by atoms with Crippen LogP contribution in [0.1, 0.15) is 18.4 Å². The van der Waals surface area contributed by atoms with Gasteiger partial charge in [0, 0.05) is 23.3 Å². The third-order valence-electron chi connectivity index (χ3n) is 3.14. The number of nitrogens with one attached hydrogen (secondary N) is 1. The van der Waals surface area contributed by atoms with Gasteiger partial charge < -0.3 is 10.1 Å². The highest BCUT2D eigenvalue weighted by molar-refractivity contribution is 9.10. The van der Waals surface area contributed by atoms with Crippen molar-refractivity contribution in [2.24, 2.45) is 0 Å². The molecule has 0 amide bonds. The summed E-state index contributed by atoms with van der Waals surface area (Å²) < 4.78 is 6.56. The Kier molecular flexibility index (Phi) is 4.69. The SMILES string of the molecule is Clc1cc(Br)ccc1Oc1ncc(CNC2CC2)cc1Cl. The Balaban J connectivity index is 1.72. The van der Waals surface area contributed by atoms with E-state index in [-0.39, 0.29) is 0 Å². The van der Waals surface area contributed by atoms with E-state index in [1.165, 1.54) is 12.8 Å². The van der Waals surface area contributed by atoms with Crippen molar-refractivity contribution in [3.8, 4) is 11.6 Å². The number of hydrogen-bond donors (Lipinski definition) is 1. The standard InChI is InChI=1S/C15H13BrCl2N2O/c16-10-1-4-14(12(17)6-10)21-15-13(18)5-9(8-20-15)7-19-11-2-3-11/h1,4-6,8,11,19H,2-3,7H2. The highest BCUT2D eigenvalue weighted by Crippen LogP contribution is 2.34. The molecule has 0 aliphatic heterocycles. The lowest BCUT2D eigenvalue weighted by Crippen LogP contribution is -2.15. The van der Waals surface area contributed by atoms with Gasteiger partial charge in [-0.3, -0.25) is 0 Å². The first kappa shape index (κ1) is 15.1. The maximum atomic E-state index is 6.23. The Bertz CT molecular complexity index is 662. The molecule has 1 aliphatic rings. The molecule has 1 heterocycles. The van der Waals surface area contributed by atoms with Gasteiger partial charge in [-0.25, -0.2) is 4.98 Å². The van der Waals surface area contributed by atoms with Crippen molar-refractivity contribution >= 4 is 39.1 Å². The van der Waals surface area contributed by atoms with Crippen LogP contribution < -0.4 is 10.1 Å². The topological polar surface area (TPSA) is 34.1 Å². The molecule has 6 heteroatoms. The molecule has 1 aliphatic carbocycles. The van der Waals surface area contributed by atoms with Crippen molar-refractivity contribution in [2.45, 2.75) is 25.4 Å². The van der Waals surface area contributed by atoms with Crippen LogP contribution in [-0.4, -0.2) is 11.0 Å². The number of rotatable bonds is 5. The predicted molar refractivity (Wildman–Crippen MR) is 88.3 cm³/mol. The molecule has 1 aromatic heterocycles. The van der Waals surface area contributed by atoms with Gasteiger partial charge in [-0.15, -0.1) is 0 Å². The fourth-order valence-corrected chi connectivity index (χ4v) is 2.79. The van der Waals surface area contributed by atoms with E-state index >= 15 is 0 Å². The second-order valence-corrected chi connectivity index (χ2v) is 6.69. The molecule has 0 spiro atoms. The minimum absolute atomic E-state index is 0.357. The second kappa shape index (κ2) is 6.53. The summed E-state index contributed by atoms with van der Waals surface area (Å²) in [6.45, 7) is 0.775. The van der Waals surface area contributed by atoms with Crippen LogP contribution in [0.3, 0.4) is 0 Å². The summed E-state index contributed by atoms with van der Waals surface area (Å²) in [6.07, 6.45) is 4.28. The lowest BCUT2D eigenvalue weighted by atomic mass is 10.3. The van der Waals surface area contributed by atoms with Gasteiger partial charge in [0.1, 0.15) is 10.8 Å². The average Bonchev–Trinajstić information content (AvgIpc) is 3.26.